The zero-order valence-electron chi connectivity index (χ0n) is 8.63. The maximum absolute atomic E-state index is 11.9. The molecule has 6 heteroatoms. The molecular weight excluding hydrogens is 196 g/mol. The van der Waals surface area contributed by atoms with Crippen LogP contribution in [0.5, 0.6) is 0 Å². The number of aromatic nitrogens is 3. The predicted octanol–water partition coefficient (Wildman–Crippen LogP) is -0.588. The molecule has 1 aliphatic rings. The third kappa shape index (κ3) is 1.85. The van der Waals surface area contributed by atoms with Gasteiger partial charge < -0.3 is 10.0 Å². The second-order valence-electron chi connectivity index (χ2n) is 3.75. The maximum atomic E-state index is 11.9. The van der Waals surface area contributed by atoms with Gasteiger partial charge in [0.1, 0.15) is 0 Å². The van der Waals surface area contributed by atoms with Crippen LogP contribution in [-0.4, -0.2) is 50.1 Å². The van der Waals surface area contributed by atoms with E-state index < -0.39 is 0 Å². The van der Waals surface area contributed by atoms with Crippen molar-refractivity contribution in [2.24, 2.45) is 7.05 Å². The Kier molecular flexibility index (Phi) is 2.68. The smallest absolute Gasteiger partial charge is 0.276 e. The van der Waals surface area contributed by atoms with E-state index >= 15 is 0 Å². The van der Waals surface area contributed by atoms with Crippen LogP contribution in [0.15, 0.2) is 6.20 Å². The van der Waals surface area contributed by atoms with Crippen LogP contribution in [0.25, 0.3) is 0 Å². The van der Waals surface area contributed by atoms with Crippen molar-refractivity contribution in [3.05, 3.63) is 11.9 Å². The number of aryl methyl sites for hydroxylation is 1. The van der Waals surface area contributed by atoms with Crippen LogP contribution in [-0.2, 0) is 7.05 Å². The quantitative estimate of drug-likeness (QED) is 0.708. The number of nitrogens with zero attached hydrogens (tertiary/aromatic N) is 4. The van der Waals surface area contributed by atoms with Crippen molar-refractivity contribution < 1.29 is 9.90 Å². The SMILES string of the molecule is Cn1cc(C(=O)N2CCCC2CO)nn1. The molecule has 0 aliphatic carbocycles. The average molecular weight is 210 g/mol. The van der Waals surface area contributed by atoms with Gasteiger partial charge in [-0.2, -0.15) is 0 Å². The second-order valence-corrected chi connectivity index (χ2v) is 3.75. The first kappa shape index (κ1) is 10.1. The summed E-state index contributed by atoms with van der Waals surface area (Å²) in [4.78, 5) is 13.6. The first-order valence-electron chi connectivity index (χ1n) is 5.00. The van der Waals surface area contributed by atoms with E-state index in [0.717, 1.165) is 12.8 Å². The highest BCUT2D eigenvalue weighted by atomic mass is 16.3. The van der Waals surface area contributed by atoms with Crippen molar-refractivity contribution in [2.45, 2.75) is 18.9 Å². The number of rotatable bonds is 2. The maximum Gasteiger partial charge on any atom is 0.276 e. The number of carbonyl (C=O) groups excluding carboxylic acids is 1. The summed E-state index contributed by atoms with van der Waals surface area (Å²) in [6.45, 7) is 0.715. The number of aliphatic hydroxyl groups is 1. The van der Waals surface area contributed by atoms with Gasteiger partial charge in [0.2, 0.25) is 0 Å². The fourth-order valence-corrected chi connectivity index (χ4v) is 1.89. The molecule has 1 fully saturated rings. The lowest BCUT2D eigenvalue weighted by molar-refractivity contribution is 0.0671. The minimum atomic E-state index is -0.139. The minimum absolute atomic E-state index is 0.0198. The molecule has 1 atom stereocenters. The molecule has 0 saturated carbocycles. The Labute approximate surface area is 87.5 Å². The molecule has 82 valence electrons. The summed E-state index contributed by atoms with van der Waals surface area (Å²) in [5.41, 5.74) is 0.345. The molecule has 1 aliphatic heterocycles. The minimum Gasteiger partial charge on any atom is -0.394 e. The first-order chi connectivity index (χ1) is 7.22. The first-order valence-corrected chi connectivity index (χ1v) is 5.00. The molecule has 1 aromatic rings. The third-order valence-corrected chi connectivity index (χ3v) is 2.67. The predicted molar refractivity (Wildman–Crippen MR) is 52.1 cm³/mol. The fraction of sp³-hybridized carbons (Fsp3) is 0.667. The molecule has 1 N–H and O–H groups in total. The van der Waals surface area contributed by atoms with Crippen molar-refractivity contribution in [3.8, 4) is 0 Å². The van der Waals surface area contributed by atoms with Gasteiger partial charge in [0, 0.05) is 13.6 Å². The topological polar surface area (TPSA) is 71.2 Å². The summed E-state index contributed by atoms with van der Waals surface area (Å²) in [5.74, 6) is -0.139. The Balaban J connectivity index is 2.13. The van der Waals surface area contributed by atoms with Crippen molar-refractivity contribution in [1.29, 1.82) is 0 Å². The molecule has 0 radical (unpaired) electrons. The molecule has 1 saturated heterocycles. The second kappa shape index (κ2) is 3.98. The summed E-state index contributed by atoms with van der Waals surface area (Å²) in [5, 5.41) is 16.6. The van der Waals surface area contributed by atoms with Gasteiger partial charge in [0.25, 0.3) is 5.91 Å². The van der Waals surface area contributed by atoms with Crippen LogP contribution in [0.2, 0.25) is 0 Å². The van der Waals surface area contributed by atoms with Gasteiger partial charge in [-0.3, -0.25) is 9.48 Å². The number of carbonyl (C=O) groups is 1. The highest BCUT2D eigenvalue weighted by Crippen LogP contribution is 2.18. The van der Waals surface area contributed by atoms with Crippen LogP contribution in [0.1, 0.15) is 23.3 Å². The lowest BCUT2D eigenvalue weighted by Gasteiger charge is -2.21. The highest BCUT2D eigenvalue weighted by Gasteiger charge is 2.29. The Morgan fingerprint density at radius 1 is 1.73 bits per heavy atom. The largest absolute Gasteiger partial charge is 0.394 e. The summed E-state index contributed by atoms with van der Waals surface area (Å²) in [7, 11) is 1.72. The van der Waals surface area contributed by atoms with Gasteiger partial charge in [-0.05, 0) is 12.8 Å². The molecule has 1 amide bonds. The van der Waals surface area contributed by atoms with Crippen molar-refractivity contribution in [2.75, 3.05) is 13.2 Å². The van der Waals surface area contributed by atoms with E-state index in [2.05, 4.69) is 10.3 Å². The van der Waals surface area contributed by atoms with Crippen LogP contribution in [0, 0.1) is 0 Å². The molecule has 1 aromatic heterocycles. The van der Waals surface area contributed by atoms with E-state index in [0.29, 0.717) is 12.2 Å². The highest BCUT2D eigenvalue weighted by molar-refractivity contribution is 5.92. The number of aliphatic hydroxyl groups excluding tert-OH is 1. The summed E-state index contributed by atoms with van der Waals surface area (Å²) in [6.07, 6.45) is 3.40. The van der Waals surface area contributed by atoms with Gasteiger partial charge >= 0.3 is 0 Å². The summed E-state index contributed by atoms with van der Waals surface area (Å²) >= 11 is 0. The van der Waals surface area contributed by atoms with E-state index in [1.54, 1.807) is 18.1 Å². The van der Waals surface area contributed by atoms with E-state index in [1.165, 1.54) is 4.68 Å². The van der Waals surface area contributed by atoms with Gasteiger partial charge in [-0.15, -0.1) is 5.10 Å². The van der Waals surface area contributed by atoms with Crippen LogP contribution >= 0.6 is 0 Å². The van der Waals surface area contributed by atoms with Gasteiger partial charge in [0.15, 0.2) is 5.69 Å². The van der Waals surface area contributed by atoms with Crippen molar-refractivity contribution in [1.82, 2.24) is 19.9 Å². The Morgan fingerprint density at radius 2 is 2.53 bits per heavy atom. The molecule has 6 nitrogen and oxygen atoms in total. The number of hydrogen-bond acceptors (Lipinski definition) is 4. The Bertz CT molecular complexity index is 363. The Morgan fingerprint density at radius 3 is 3.13 bits per heavy atom. The molecule has 15 heavy (non-hydrogen) atoms. The molecule has 0 aromatic carbocycles. The molecule has 1 unspecified atom stereocenters. The van der Waals surface area contributed by atoms with Crippen LogP contribution in [0.4, 0.5) is 0 Å². The van der Waals surface area contributed by atoms with Gasteiger partial charge in [-0.25, -0.2) is 0 Å². The third-order valence-electron chi connectivity index (χ3n) is 2.67. The fourth-order valence-electron chi connectivity index (χ4n) is 1.89. The van der Waals surface area contributed by atoms with Gasteiger partial charge in [-0.1, -0.05) is 5.21 Å². The zero-order valence-corrected chi connectivity index (χ0v) is 8.63. The summed E-state index contributed by atoms with van der Waals surface area (Å²) in [6, 6.07) is -0.0560. The van der Waals surface area contributed by atoms with Crippen LogP contribution in [0.3, 0.4) is 0 Å². The molecule has 0 bridgehead atoms. The van der Waals surface area contributed by atoms with E-state index in [-0.39, 0.29) is 18.6 Å². The van der Waals surface area contributed by atoms with Crippen molar-refractivity contribution in [3.63, 3.8) is 0 Å². The number of likely N-dealkylation sites (tertiary alicyclic amines) is 1. The molecule has 2 heterocycles. The standard InChI is InChI=1S/C9H14N4O2/c1-12-5-8(10-11-12)9(15)13-4-2-3-7(13)6-14/h5,7,14H,2-4,6H2,1H3. The molecular formula is C9H14N4O2. The normalized spacial score (nSPS) is 20.9. The lowest BCUT2D eigenvalue weighted by Crippen LogP contribution is -2.37. The van der Waals surface area contributed by atoms with E-state index in [9.17, 15) is 4.79 Å². The zero-order chi connectivity index (χ0) is 10.8. The van der Waals surface area contributed by atoms with Crippen molar-refractivity contribution >= 4 is 5.91 Å². The monoisotopic (exact) mass is 210 g/mol. The van der Waals surface area contributed by atoms with Gasteiger partial charge in [0.05, 0.1) is 18.8 Å². The van der Waals surface area contributed by atoms with E-state index in [4.69, 9.17) is 5.11 Å². The average Bonchev–Trinajstić information content (AvgIpc) is 2.84. The molecule has 2 rings (SSSR count). The van der Waals surface area contributed by atoms with E-state index in [1.807, 2.05) is 0 Å². The number of hydrogen-bond donors (Lipinski definition) is 1. The molecule has 0 spiro atoms. The Hall–Kier alpha value is -1.43. The number of amides is 1. The lowest BCUT2D eigenvalue weighted by atomic mass is 10.2. The van der Waals surface area contributed by atoms with Crippen LogP contribution < -0.4 is 0 Å². The summed E-state index contributed by atoms with van der Waals surface area (Å²) < 4.78 is 1.50.